The molecule has 0 spiro atoms. The van der Waals surface area contributed by atoms with Gasteiger partial charge in [0, 0.05) is 32.7 Å². The van der Waals surface area contributed by atoms with Crippen molar-refractivity contribution in [2.45, 2.75) is 19.4 Å². The molecule has 5 nitrogen and oxygen atoms in total. The fourth-order valence-corrected chi connectivity index (χ4v) is 2.62. The molecular formula is C17H28N4O. The predicted molar refractivity (Wildman–Crippen MR) is 89.7 cm³/mol. The first-order chi connectivity index (χ1) is 10.6. The number of piperazine rings is 1. The highest BCUT2D eigenvalue weighted by atomic mass is 16.2. The Morgan fingerprint density at radius 2 is 1.86 bits per heavy atom. The zero-order valence-corrected chi connectivity index (χ0v) is 13.7. The van der Waals surface area contributed by atoms with Gasteiger partial charge in [0.05, 0.1) is 0 Å². The van der Waals surface area contributed by atoms with E-state index in [-0.39, 0.29) is 5.91 Å². The predicted octanol–water partition coefficient (Wildman–Crippen LogP) is 0.749. The minimum Gasteiger partial charge on any atom is -0.354 e. The summed E-state index contributed by atoms with van der Waals surface area (Å²) in [7, 11) is 2.16. The van der Waals surface area contributed by atoms with Gasteiger partial charge in [0.15, 0.2) is 0 Å². The molecule has 0 aliphatic carbocycles. The lowest BCUT2D eigenvalue weighted by Gasteiger charge is -2.32. The molecule has 3 N–H and O–H groups in total. The van der Waals surface area contributed by atoms with Crippen LogP contribution in [0.3, 0.4) is 0 Å². The molecule has 0 saturated carbocycles. The number of benzene rings is 1. The lowest BCUT2D eigenvalue weighted by atomic mass is 10.1. The van der Waals surface area contributed by atoms with Gasteiger partial charge in [-0.3, -0.25) is 4.79 Å². The molecule has 1 aromatic carbocycles. The quantitative estimate of drug-likeness (QED) is 0.761. The third-order valence-corrected chi connectivity index (χ3v) is 4.27. The van der Waals surface area contributed by atoms with E-state index < -0.39 is 6.04 Å². The highest BCUT2D eigenvalue weighted by molar-refractivity contribution is 5.82. The highest BCUT2D eigenvalue weighted by Crippen LogP contribution is 2.11. The van der Waals surface area contributed by atoms with E-state index in [4.69, 9.17) is 5.73 Å². The molecule has 1 saturated heterocycles. The van der Waals surface area contributed by atoms with Crippen LogP contribution in [0.5, 0.6) is 0 Å². The maximum atomic E-state index is 12.1. The summed E-state index contributed by atoms with van der Waals surface area (Å²) < 4.78 is 0. The van der Waals surface area contributed by atoms with Gasteiger partial charge in [-0.25, -0.2) is 0 Å². The summed E-state index contributed by atoms with van der Waals surface area (Å²) in [6.45, 7) is 8.24. The summed E-state index contributed by atoms with van der Waals surface area (Å²) in [5, 5.41) is 2.94. The lowest BCUT2D eigenvalue weighted by molar-refractivity contribution is -0.122. The van der Waals surface area contributed by atoms with Crippen molar-refractivity contribution in [3.8, 4) is 0 Å². The Morgan fingerprint density at radius 1 is 1.23 bits per heavy atom. The van der Waals surface area contributed by atoms with Crippen molar-refractivity contribution in [3.05, 3.63) is 35.4 Å². The number of nitrogens with zero attached hydrogens (tertiary/aromatic N) is 2. The van der Waals surface area contributed by atoms with Crippen molar-refractivity contribution in [3.63, 3.8) is 0 Å². The smallest absolute Gasteiger partial charge is 0.241 e. The van der Waals surface area contributed by atoms with Crippen molar-refractivity contribution < 1.29 is 4.79 Å². The van der Waals surface area contributed by atoms with Crippen molar-refractivity contribution in [1.29, 1.82) is 0 Å². The number of carbonyl (C=O) groups excluding carboxylic acids is 1. The Bertz CT molecular complexity index is 466. The van der Waals surface area contributed by atoms with Crippen LogP contribution in [-0.4, -0.2) is 62.0 Å². The first-order valence-corrected chi connectivity index (χ1v) is 8.07. The monoisotopic (exact) mass is 304 g/mol. The van der Waals surface area contributed by atoms with Gasteiger partial charge in [-0.1, -0.05) is 29.8 Å². The molecule has 1 atom stereocenters. The molecule has 1 aromatic rings. The number of rotatable bonds is 6. The number of hydrogen-bond acceptors (Lipinski definition) is 4. The van der Waals surface area contributed by atoms with Crippen LogP contribution >= 0.6 is 0 Å². The molecule has 22 heavy (non-hydrogen) atoms. The molecule has 2 rings (SSSR count). The van der Waals surface area contributed by atoms with E-state index in [0.29, 0.717) is 6.54 Å². The van der Waals surface area contributed by atoms with Crippen LogP contribution in [0, 0.1) is 6.92 Å². The fraction of sp³-hybridized carbons (Fsp3) is 0.588. The number of nitrogens with one attached hydrogen (secondary N) is 1. The van der Waals surface area contributed by atoms with Gasteiger partial charge in [-0.2, -0.15) is 0 Å². The molecule has 1 fully saturated rings. The van der Waals surface area contributed by atoms with Crippen LogP contribution in [0.15, 0.2) is 24.3 Å². The third kappa shape index (κ3) is 5.09. The Hall–Kier alpha value is -1.43. The van der Waals surface area contributed by atoms with E-state index in [9.17, 15) is 4.79 Å². The molecule has 5 heteroatoms. The van der Waals surface area contributed by atoms with E-state index in [1.54, 1.807) is 0 Å². The fourth-order valence-electron chi connectivity index (χ4n) is 2.62. The number of aryl methyl sites for hydroxylation is 1. The molecular weight excluding hydrogens is 276 g/mol. The molecule has 0 bridgehead atoms. The Labute approximate surface area is 133 Å². The summed E-state index contributed by atoms with van der Waals surface area (Å²) in [6, 6.07) is 7.23. The molecule has 0 radical (unpaired) electrons. The van der Waals surface area contributed by atoms with Crippen LogP contribution in [0.4, 0.5) is 0 Å². The lowest BCUT2D eigenvalue weighted by Crippen LogP contribution is -2.45. The summed E-state index contributed by atoms with van der Waals surface area (Å²) >= 11 is 0. The minimum absolute atomic E-state index is 0.0952. The van der Waals surface area contributed by atoms with Gasteiger partial charge in [-0.05, 0) is 32.5 Å². The molecule has 1 heterocycles. The van der Waals surface area contributed by atoms with Crippen molar-refractivity contribution in [2.24, 2.45) is 5.73 Å². The zero-order valence-electron chi connectivity index (χ0n) is 13.7. The van der Waals surface area contributed by atoms with E-state index in [1.165, 1.54) is 5.56 Å². The van der Waals surface area contributed by atoms with Crippen molar-refractivity contribution >= 4 is 5.91 Å². The van der Waals surface area contributed by atoms with Gasteiger partial charge in [-0.15, -0.1) is 0 Å². The third-order valence-electron chi connectivity index (χ3n) is 4.27. The average Bonchev–Trinajstić information content (AvgIpc) is 2.53. The zero-order chi connectivity index (χ0) is 15.9. The van der Waals surface area contributed by atoms with E-state index in [0.717, 1.165) is 44.7 Å². The second-order valence-electron chi connectivity index (χ2n) is 6.18. The number of amides is 1. The number of likely N-dealkylation sites (N-methyl/N-ethyl adjacent to an activating group) is 1. The van der Waals surface area contributed by atoms with Crippen molar-refractivity contribution in [2.75, 3.05) is 46.3 Å². The van der Waals surface area contributed by atoms with Crippen LogP contribution in [0.2, 0.25) is 0 Å². The summed E-state index contributed by atoms with van der Waals surface area (Å²) in [5.41, 5.74) is 8.03. The Kier molecular flexibility index (Phi) is 6.36. The van der Waals surface area contributed by atoms with Crippen LogP contribution in [0.25, 0.3) is 0 Å². The average molecular weight is 304 g/mol. The highest BCUT2D eigenvalue weighted by Gasteiger charge is 2.16. The maximum Gasteiger partial charge on any atom is 0.241 e. The first-order valence-electron chi connectivity index (χ1n) is 8.07. The molecule has 122 valence electrons. The van der Waals surface area contributed by atoms with Crippen LogP contribution in [0.1, 0.15) is 23.6 Å². The van der Waals surface area contributed by atoms with Gasteiger partial charge in [0.1, 0.15) is 6.04 Å². The van der Waals surface area contributed by atoms with Gasteiger partial charge >= 0.3 is 0 Å². The van der Waals surface area contributed by atoms with Crippen molar-refractivity contribution in [1.82, 2.24) is 15.1 Å². The Morgan fingerprint density at radius 3 is 2.50 bits per heavy atom. The van der Waals surface area contributed by atoms with Gasteiger partial charge < -0.3 is 20.9 Å². The summed E-state index contributed by atoms with van der Waals surface area (Å²) in [5.74, 6) is -0.0952. The first kappa shape index (κ1) is 16.9. The Balaban J connectivity index is 1.66. The molecule has 1 amide bonds. The van der Waals surface area contributed by atoms with Gasteiger partial charge in [0.2, 0.25) is 5.91 Å². The number of nitrogens with two attached hydrogens (primary N) is 1. The van der Waals surface area contributed by atoms with E-state index in [1.807, 2.05) is 31.2 Å². The molecule has 1 unspecified atom stereocenters. The maximum absolute atomic E-state index is 12.1. The topological polar surface area (TPSA) is 61.6 Å². The van der Waals surface area contributed by atoms with Crippen LogP contribution in [-0.2, 0) is 4.79 Å². The van der Waals surface area contributed by atoms with Crippen LogP contribution < -0.4 is 11.1 Å². The SMILES string of the molecule is Cc1ccc(C(N)C(=O)NCCCN2CCN(C)CC2)cc1. The van der Waals surface area contributed by atoms with E-state index in [2.05, 4.69) is 22.2 Å². The standard InChI is InChI=1S/C17H28N4O/c1-14-4-6-15(7-5-14)16(18)17(22)19-8-3-9-21-12-10-20(2)11-13-21/h4-7,16H,3,8-13,18H2,1-2H3,(H,19,22). The second kappa shape index (κ2) is 8.27. The van der Waals surface area contributed by atoms with Gasteiger partial charge in [0.25, 0.3) is 0 Å². The minimum atomic E-state index is -0.579. The summed E-state index contributed by atoms with van der Waals surface area (Å²) in [6.07, 6.45) is 0.968. The second-order valence-corrected chi connectivity index (χ2v) is 6.18. The number of hydrogen-bond donors (Lipinski definition) is 2. The van der Waals surface area contributed by atoms with E-state index >= 15 is 0 Å². The molecule has 1 aliphatic heterocycles. The largest absolute Gasteiger partial charge is 0.354 e. The molecule has 0 aromatic heterocycles. The molecule has 1 aliphatic rings. The normalized spacial score (nSPS) is 18.1. The number of carbonyl (C=O) groups is 1. The summed E-state index contributed by atoms with van der Waals surface area (Å²) in [4.78, 5) is 16.9.